The third kappa shape index (κ3) is 3.36. The molecular weight excluding hydrogens is 326 g/mol. The fourth-order valence-electron chi connectivity index (χ4n) is 3.52. The van der Waals surface area contributed by atoms with Crippen LogP contribution in [0.15, 0.2) is 23.1 Å². The van der Waals surface area contributed by atoms with Crippen LogP contribution in [0.25, 0.3) is 10.2 Å². The number of hydrogen-bond acceptors (Lipinski definition) is 6. The van der Waals surface area contributed by atoms with Crippen molar-refractivity contribution in [2.45, 2.75) is 23.8 Å². The lowest BCUT2D eigenvalue weighted by atomic mass is 10.0. The fourth-order valence-corrected chi connectivity index (χ4v) is 5.08. The summed E-state index contributed by atoms with van der Waals surface area (Å²) in [5, 5.41) is 1.19. The number of aromatic nitrogens is 1. The van der Waals surface area contributed by atoms with Gasteiger partial charge in [-0.15, -0.1) is 11.8 Å². The van der Waals surface area contributed by atoms with Crippen molar-refractivity contribution in [1.29, 1.82) is 0 Å². The summed E-state index contributed by atoms with van der Waals surface area (Å²) in [7, 11) is 0. The number of nitrogens with zero attached hydrogens (tertiary/aromatic N) is 3. The number of thiazole rings is 1. The van der Waals surface area contributed by atoms with Crippen molar-refractivity contribution in [2.75, 3.05) is 50.5 Å². The minimum absolute atomic E-state index is 0.654. The average Bonchev–Trinajstić information content (AvgIpc) is 3.06. The molecule has 4 nitrogen and oxygen atoms in total. The summed E-state index contributed by atoms with van der Waals surface area (Å²) in [6, 6.07) is 7.25. The third-order valence-corrected chi connectivity index (χ3v) is 6.62. The van der Waals surface area contributed by atoms with E-state index < -0.39 is 0 Å². The molecule has 2 saturated heterocycles. The molecule has 0 radical (unpaired) electrons. The number of morpholine rings is 1. The summed E-state index contributed by atoms with van der Waals surface area (Å²) in [5.41, 5.74) is 1.14. The number of piperidine rings is 1. The maximum Gasteiger partial charge on any atom is 0.186 e. The van der Waals surface area contributed by atoms with Crippen LogP contribution in [0, 0.1) is 0 Å². The Balaban J connectivity index is 1.52. The second-order valence-corrected chi connectivity index (χ2v) is 8.11. The van der Waals surface area contributed by atoms with Crippen LogP contribution in [-0.2, 0) is 4.74 Å². The van der Waals surface area contributed by atoms with Gasteiger partial charge in [0.05, 0.1) is 23.4 Å². The molecule has 1 unspecified atom stereocenters. The molecule has 0 bridgehead atoms. The number of anilines is 1. The molecule has 1 atom stereocenters. The van der Waals surface area contributed by atoms with E-state index in [0.29, 0.717) is 6.04 Å². The molecule has 0 N–H and O–H groups in total. The van der Waals surface area contributed by atoms with Crippen molar-refractivity contribution in [2.24, 2.45) is 0 Å². The molecule has 1 aromatic carbocycles. The van der Waals surface area contributed by atoms with Gasteiger partial charge >= 0.3 is 0 Å². The van der Waals surface area contributed by atoms with Gasteiger partial charge in [0, 0.05) is 37.1 Å². The normalized spacial score (nSPS) is 23.5. The topological polar surface area (TPSA) is 28.6 Å². The smallest absolute Gasteiger partial charge is 0.186 e. The molecular formula is C17H23N3OS2. The third-order valence-electron chi connectivity index (χ3n) is 4.81. The van der Waals surface area contributed by atoms with Crippen molar-refractivity contribution >= 4 is 38.4 Å². The van der Waals surface area contributed by atoms with Gasteiger partial charge in [-0.3, -0.25) is 4.90 Å². The molecule has 124 valence electrons. The van der Waals surface area contributed by atoms with Crippen LogP contribution in [0.3, 0.4) is 0 Å². The zero-order valence-corrected chi connectivity index (χ0v) is 15.2. The second-order valence-electron chi connectivity index (χ2n) is 6.22. The number of rotatable bonds is 3. The molecule has 2 aliphatic heterocycles. The fraction of sp³-hybridized carbons (Fsp3) is 0.588. The molecule has 4 rings (SSSR count). The van der Waals surface area contributed by atoms with Gasteiger partial charge in [-0.1, -0.05) is 11.3 Å². The lowest BCUT2D eigenvalue weighted by Gasteiger charge is -2.40. The maximum absolute atomic E-state index is 5.50. The Bertz CT molecular complexity index is 669. The first-order valence-corrected chi connectivity index (χ1v) is 10.4. The van der Waals surface area contributed by atoms with Crippen LogP contribution in [0.5, 0.6) is 0 Å². The van der Waals surface area contributed by atoms with Gasteiger partial charge in [0.2, 0.25) is 0 Å². The highest BCUT2D eigenvalue weighted by Crippen LogP contribution is 2.33. The number of ether oxygens (including phenoxy) is 1. The highest BCUT2D eigenvalue weighted by Gasteiger charge is 2.27. The lowest BCUT2D eigenvalue weighted by Crippen LogP contribution is -2.51. The molecule has 3 heterocycles. The Kier molecular flexibility index (Phi) is 4.76. The van der Waals surface area contributed by atoms with E-state index in [0.717, 1.165) is 44.9 Å². The molecule has 6 heteroatoms. The maximum atomic E-state index is 5.50. The van der Waals surface area contributed by atoms with E-state index in [1.165, 1.54) is 27.6 Å². The highest BCUT2D eigenvalue weighted by atomic mass is 32.2. The van der Waals surface area contributed by atoms with Crippen molar-refractivity contribution in [3.63, 3.8) is 0 Å². The summed E-state index contributed by atoms with van der Waals surface area (Å²) in [5.74, 6) is 0. The molecule has 2 aliphatic rings. The van der Waals surface area contributed by atoms with Gasteiger partial charge in [0.15, 0.2) is 5.13 Å². The second kappa shape index (κ2) is 6.97. The van der Waals surface area contributed by atoms with E-state index in [1.807, 2.05) is 11.3 Å². The van der Waals surface area contributed by atoms with Crippen LogP contribution >= 0.6 is 23.1 Å². The first-order valence-electron chi connectivity index (χ1n) is 8.35. The Morgan fingerprint density at radius 3 is 2.96 bits per heavy atom. The lowest BCUT2D eigenvalue weighted by molar-refractivity contribution is 0.0137. The predicted octanol–water partition coefficient (Wildman–Crippen LogP) is 3.32. The monoisotopic (exact) mass is 349 g/mol. The number of thioether (sulfide) groups is 1. The van der Waals surface area contributed by atoms with Crippen molar-refractivity contribution < 1.29 is 4.74 Å². The molecule has 2 fully saturated rings. The Morgan fingerprint density at radius 2 is 2.13 bits per heavy atom. The van der Waals surface area contributed by atoms with Crippen LogP contribution < -0.4 is 4.90 Å². The SMILES string of the molecule is CSc1ccc2nc(N3CCCC(N4CCOCC4)C3)sc2c1. The first kappa shape index (κ1) is 15.7. The van der Waals surface area contributed by atoms with E-state index >= 15 is 0 Å². The number of hydrogen-bond donors (Lipinski definition) is 0. The summed E-state index contributed by atoms with van der Waals surface area (Å²) in [4.78, 5) is 11.3. The molecule has 0 spiro atoms. The van der Waals surface area contributed by atoms with E-state index in [9.17, 15) is 0 Å². The minimum atomic E-state index is 0.654. The summed E-state index contributed by atoms with van der Waals surface area (Å²) in [6.07, 6.45) is 4.69. The molecule has 23 heavy (non-hydrogen) atoms. The van der Waals surface area contributed by atoms with E-state index in [1.54, 1.807) is 11.8 Å². The van der Waals surface area contributed by atoms with E-state index in [2.05, 4.69) is 34.3 Å². The Labute approximate surface area is 145 Å². The van der Waals surface area contributed by atoms with Gasteiger partial charge in [-0.25, -0.2) is 4.98 Å². The largest absolute Gasteiger partial charge is 0.379 e. The highest BCUT2D eigenvalue weighted by molar-refractivity contribution is 7.98. The minimum Gasteiger partial charge on any atom is -0.379 e. The molecule has 2 aromatic rings. The zero-order chi connectivity index (χ0) is 15.6. The van der Waals surface area contributed by atoms with Crippen LogP contribution in [0.1, 0.15) is 12.8 Å². The van der Waals surface area contributed by atoms with Crippen LogP contribution in [0.4, 0.5) is 5.13 Å². The summed E-state index contributed by atoms with van der Waals surface area (Å²) in [6.45, 7) is 6.17. The first-order chi connectivity index (χ1) is 11.3. The quantitative estimate of drug-likeness (QED) is 0.793. The zero-order valence-electron chi connectivity index (χ0n) is 13.5. The molecule has 0 amide bonds. The predicted molar refractivity (Wildman–Crippen MR) is 99.0 cm³/mol. The van der Waals surface area contributed by atoms with Gasteiger partial charge < -0.3 is 9.64 Å². The van der Waals surface area contributed by atoms with E-state index in [4.69, 9.17) is 9.72 Å². The Hall–Kier alpha value is -0.820. The van der Waals surface area contributed by atoms with Crippen molar-refractivity contribution in [1.82, 2.24) is 9.88 Å². The standard InChI is InChI=1S/C17H23N3OS2/c1-22-14-4-5-15-16(11-14)23-17(18-15)20-6-2-3-13(12-20)19-7-9-21-10-8-19/h4-5,11,13H,2-3,6-10,12H2,1H3. The van der Waals surface area contributed by atoms with Gasteiger partial charge in [-0.05, 0) is 37.3 Å². The van der Waals surface area contributed by atoms with Crippen molar-refractivity contribution in [3.8, 4) is 0 Å². The number of benzene rings is 1. The molecule has 0 aliphatic carbocycles. The molecule has 1 aromatic heterocycles. The molecule has 0 saturated carbocycles. The van der Waals surface area contributed by atoms with Gasteiger partial charge in [0.1, 0.15) is 0 Å². The van der Waals surface area contributed by atoms with E-state index in [-0.39, 0.29) is 0 Å². The summed E-state index contributed by atoms with van der Waals surface area (Å²) < 4.78 is 6.80. The van der Waals surface area contributed by atoms with Crippen molar-refractivity contribution in [3.05, 3.63) is 18.2 Å². The van der Waals surface area contributed by atoms with Crippen LogP contribution in [-0.4, -0.2) is 61.6 Å². The Morgan fingerprint density at radius 1 is 1.26 bits per heavy atom. The summed E-state index contributed by atoms with van der Waals surface area (Å²) >= 11 is 3.63. The average molecular weight is 350 g/mol. The number of fused-ring (bicyclic) bond motifs is 1. The van der Waals surface area contributed by atoms with Gasteiger partial charge in [-0.2, -0.15) is 0 Å². The van der Waals surface area contributed by atoms with Gasteiger partial charge in [0.25, 0.3) is 0 Å². The van der Waals surface area contributed by atoms with Crippen LogP contribution in [0.2, 0.25) is 0 Å².